The number of carbonyl (C=O) groups is 2. The van der Waals surface area contributed by atoms with Gasteiger partial charge in [0, 0.05) is 18.6 Å². The Balaban J connectivity index is 0.00000264. The van der Waals surface area contributed by atoms with Crippen molar-refractivity contribution in [1.29, 1.82) is 0 Å². The highest BCUT2D eigenvalue weighted by Crippen LogP contribution is 2.17. The molecule has 1 atom stereocenters. The highest BCUT2D eigenvalue weighted by molar-refractivity contribution is 6.04. The van der Waals surface area contributed by atoms with Crippen molar-refractivity contribution in [2.45, 2.75) is 32.4 Å². The number of ether oxygens (including phenoxy) is 1. The van der Waals surface area contributed by atoms with E-state index in [1.807, 2.05) is 20.8 Å². The molecule has 0 saturated carbocycles. The summed E-state index contributed by atoms with van der Waals surface area (Å²) in [6.45, 7) is 7.45. The molecule has 0 aliphatic carbocycles. The third kappa shape index (κ3) is 5.82. The van der Waals surface area contributed by atoms with E-state index in [0.29, 0.717) is 24.4 Å². The fourth-order valence-corrected chi connectivity index (χ4v) is 2.15. The van der Waals surface area contributed by atoms with Gasteiger partial charge in [-0.3, -0.25) is 9.59 Å². The van der Waals surface area contributed by atoms with E-state index in [-0.39, 0.29) is 29.8 Å². The third-order valence-corrected chi connectivity index (χ3v) is 3.14. The van der Waals surface area contributed by atoms with Crippen LogP contribution in [0.5, 0.6) is 0 Å². The van der Waals surface area contributed by atoms with E-state index in [2.05, 4.69) is 16.0 Å². The Morgan fingerprint density at radius 3 is 2.57 bits per heavy atom. The molecular weight excluding hydrogens is 318 g/mol. The summed E-state index contributed by atoms with van der Waals surface area (Å²) in [4.78, 5) is 24.6. The van der Waals surface area contributed by atoms with Crippen molar-refractivity contribution in [1.82, 2.24) is 10.6 Å². The van der Waals surface area contributed by atoms with Gasteiger partial charge in [-0.15, -0.1) is 12.4 Å². The molecule has 3 N–H and O–H groups in total. The Hall–Kier alpha value is -1.63. The van der Waals surface area contributed by atoms with Gasteiger partial charge in [0.2, 0.25) is 0 Å². The van der Waals surface area contributed by atoms with E-state index in [9.17, 15) is 9.59 Å². The molecule has 1 aromatic carbocycles. The lowest BCUT2D eigenvalue weighted by atomic mass is 10.1. The van der Waals surface area contributed by atoms with Crippen LogP contribution >= 0.6 is 12.4 Å². The van der Waals surface area contributed by atoms with Crippen LogP contribution in [-0.4, -0.2) is 43.2 Å². The second-order valence-corrected chi connectivity index (χ2v) is 6.30. The van der Waals surface area contributed by atoms with E-state index >= 15 is 0 Å². The van der Waals surface area contributed by atoms with Gasteiger partial charge in [0.05, 0.1) is 17.9 Å². The molecule has 1 fully saturated rings. The topological polar surface area (TPSA) is 79.5 Å². The Morgan fingerprint density at radius 2 is 1.96 bits per heavy atom. The molecule has 1 aliphatic rings. The smallest absolute Gasteiger partial charge is 0.254 e. The lowest BCUT2D eigenvalue weighted by Crippen LogP contribution is -2.45. The number of carbonyl (C=O) groups excluding carboxylic acids is 2. The average molecular weight is 342 g/mol. The van der Waals surface area contributed by atoms with E-state index in [0.717, 1.165) is 6.54 Å². The van der Waals surface area contributed by atoms with Crippen molar-refractivity contribution in [2.75, 3.05) is 25.0 Å². The largest absolute Gasteiger partial charge is 0.366 e. The number of hydrogen-bond acceptors (Lipinski definition) is 4. The lowest BCUT2D eigenvalue weighted by Gasteiger charge is -2.24. The minimum Gasteiger partial charge on any atom is -0.366 e. The number of anilines is 1. The standard InChI is InChI=1S/C16H23N3O3.ClH/c1-16(2,3)19-14(20)11-6-4-5-7-12(11)18-15(21)13-10-17-8-9-22-13;/h4-7,13,17H,8-10H2,1-3H3,(H,18,21)(H,19,20);1H. The number of rotatable bonds is 3. The van der Waals surface area contributed by atoms with Crippen LogP contribution in [0.3, 0.4) is 0 Å². The van der Waals surface area contributed by atoms with E-state index in [4.69, 9.17) is 4.74 Å². The number of morpholine rings is 1. The summed E-state index contributed by atoms with van der Waals surface area (Å²) in [6.07, 6.45) is -0.535. The molecule has 1 heterocycles. The summed E-state index contributed by atoms with van der Waals surface area (Å²) in [5.74, 6) is -0.464. The molecule has 0 bridgehead atoms. The first-order chi connectivity index (χ1) is 10.4. The maximum atomic E-state index is 12.3. The zero-order valence-electron chi connectivity index (χ0n) is 13.6. The summed E-state index contributed by atoms with van der Waals surface area (Å²) in [6, 6.07) is 6.96. The molecule has 0 spiro atoms. The normalized spacial score (nSPS) is 17.8. The zero-order valence-corrected chi connectivity index (χ0v) is 14.5. The van der Waals surface area contributed by atoms with Crippen LogP contribution in [0.1, 0.15) is 31.1 Å². The zero-order chi connectivity index (χ0) is 16.2. The number of hydrogen-bond donors (Lipinski definition) is 3. The summed E-state index contributed by atoms with van der Waals surface area (Å²) in [7, 11) is 0. The van der Waals surface area contributed by atoms with Crippen molar-refractivity contribution >= 4 is 29.9 Å². The molecule has 1 aliphatic heterocycles. The molecule has 128 valence electrons. The Labute approximate surface area is 142 Å². The summed E-state index contributed by atoms with van der Waals surface area (Å²) < 4.78 is 5.42. The number of amides is 2. The van der Waals surface area contributed by atoms with Crippen molar-refractivity contribution in [3.63, 3.8) is 0 Å². The van der Waals surface area contributed by atoms with Crippen LogP contribution < -0.4 is 16.0 Å². The number of nitrogens with one attached hydrogen (secondary N) is 3. The Bertz CT molecular complexity index is 552. The third-order valence-electron chi connectivity index (χ3n) is 3.14. The minimum absolute atomic E-state index is 0. The first-order valence-corrected chi connectivity index (χ1v) is 7.41. The Morgan fingerprint density at radius 1 is 1.26 bits per heavy atom. The van der Waals surface area contributed by atoms with Crippen molar-refractivity contribution in [3.05, 3.63) is 29.8 Å². The van der Waals surface area contributed by atoms with Gasteiger partial charge in [-0.05, 0) is 32.9 Å². The maximum absolute atomic E-state index is 12.3. The van der Waals surface area contributed by atoms with Gasteiger partial charge in [0.1, 0.15) is 6.10 Å². The lowest BCUT2D eigenvalue weighted by molar-refractivity contribution is -0.128. The summed E-state index contributed by atoms with van der Waals surface area (Å²) >= 11 is 0. The van der Waals surface area contributed by atoms with Gasteiger partial charge in [0.15, 0.2) is 0 Å². The summed E-state index contributed by atoms with van der Waals surface area (Å²) in [5, 5.41) is 8.78. The molecule has 2 rings (SSSR count). The molecule has 23 heavy (non-hydrogen) atoms. The van der Waals surface area contributed by atoms with E-state index < -0.39 is 6.10 Å². The highest BCUT2D eigenvalue weighted by atomic mass is 35.5. The van der Waals surface area contributed by atoms with Crippen LogP contribution in [0.2, 0.25) is 0 Å². The monoisotopic (exact) mass is 341 g/mol. The van der Waals surface area contributed by atoms with Crippen molar-refractivity contribution in [2.24, 2.45) is 0 Å². The van der Waals surface area contributed by atoms with Crippen LogP contribution in [0.4, 0.5) is 5.69 Å². The predicted molar refractivity (Wildman–Crippen MR) is 92.1 cm³/mol. The maximum Gasteiger partial charge on any atom is 0.254 e. The second-order valence-electron chi connectivity index (χ2n) is 6.30. The van der Waals surface area contributed by atoms with Crippen molar-refractivity contribution in [3.8, 4) is 0 Å². The Kier molecular flexibility index (Phi) is 7.00. The molecule has 1 saturated heterocycles. The van der Waals surface area contributed by atoms with Crippen LogP contribution in [-0.2, 0) is 9.53 Å². The number of benzene rings is 1. The molecule has 1 unspecified atom stereocenters. The van der Waals surface area contributed by atoms with Crippen LogP contribution in [0.25, 0.3) is 0 Å². The predicted octanol–water partition coefficient (Wildman–Crippen LogP) is 1.56. The first kappa shape index (κ1) is 19.4. The molecule has 0 aromatic heterocycles. The SMILES string of the molecule is CC(C)(C)NC(=O)c1ccccc1NC(=O)C1CNCCO1.Cl. The van der Waals surface area contributed by atoms with Gasteiger partial charge in [-0.25, -0.2) is 0 Å². The second kappa shape index (κ2) is 8.29. The first-order valence-electron chi connectivity index (χ1n) is 7.41. The fourth-order valence-electron chi connectivity index (χ4n) is 2.15. The highest BCUT2D eigenvalue weighted by Gasteiger charge is 2.24. The molecule has 6 nitrogen and oxygen atoms in total. The number of halogens is 1. The molecule has 0 radical (unpaired) electrons. The van der Waals surface area contributed by atoms with Crippen LogP contribution in [0, 0.1) is 0 Å². The summed E-state index contributed by atoms with van der Waals surface area (Å²) in [5.41, 5.74) is 0.586. The van der Waals surface area contributed by atoms with Crippen molar-refractivity contribution < 1.29 is 14.3 Å². The van der Waals surface area contributed by atoms with Gasteiger partial charge < -0.3 is 20.7 Å². The van der Waals surface area contributed by atoms with Gasteiger partial charge >= 0.3 is 0 Å². The van der Waals surface area contributed by atoms with Gasteiger partial charge in [-0.1, -0.05) is 12.1 Å². The van der Waals surface area contributed by atoms with E-state index in [1.165, 1.54) is 0 Å². The average Bonchev–Trinajstić information content (AvgIpc) is 2.47. The van der Waals surface area contributed by atoms with Crippen LogP contribution in [0.15, 0.2) is 24.3 Å². The molecule has 7 heteroatoms. The minimum atomic E-state index is -0.535. The quantitative estimate of drug-likeness (QED) is 0.779. The molecule has 1 aromatic rings. The molecule has 2 amide bonds. The van der Waals surface area contributed by atoms with E-state index in [1.54, 1.807) is 24.3 Å². The van der Waals surface area contributed by atoms with Gasteiger partial charge in [-0.2, -0.15) is 0 Å². The fraction of sp³-hybridized carbons (Fsp3) is 0.500. The van der Waals surface area contributed by atoms with Gasteiger partial charge in [0.25, 0.3) is 11.8 Å². The molecular formula is C16H24ClN3O3. The number of para-hydroxylation sites is 1.